The van der Waals surface area contributed by atoms with Crippen molar-refractivity contribution in [2.45, 2.75) is 19.9 Å². The number of hydrogen-bond donors (Lipinski definition) is 0. The number of ether oxygens (including phenoxy) is 1. The number of carbonyl (C=O) groups excluding carboxylic acids is 1. The standard InChI is InChI=1S/C17H26N2O2/c1-5-21-17-9-7-6-8-14(17)16(20)12-19-10-13(2)15(11-19)18(3)4/h6-9,13,15H,5,10-12H2,1-4H3. The number of carbonyl (C=O) groups is 1. The van der Waals surface area contributed by atoms with Gasteiger partial charge < -0.3 is 9.64 Å². The lowest BCUT2D eigenvalue weighted by atomic mass is 10.1. The molecule has 1 aliphatic heterocycles. The van der Waals surface area contributed by atoms with Crippen LogP contribution in [0.4, 0.5) is 0 Å². The molecule has 1 fully saturated rings. The number of ketones is 1. The van der Waals surface area contributed by atoms with E-state index in [0.29, 0.717) is 36.4 Å². The van der Waals surface area contributed by atoms with Gasteiger partial charge in [0.2, 0.25) is 0 Å². The molecule has 116 valence electrons. The number of likely N-dealkylation sites (tertiary alicyclic amines) is 1. The second-order valence-corrected chi connectivity index (χ2v) is 6.05. The summed E-state index contributed by atoms with van der Waals surface area (Å²) in [6.45, 7) is 7.17. The molecule has 0 aromatic heterocycles. The number of para-hydroxylation sites is 1. The van der Waals surface area contributed by atoms with E-state index in [-0.39, 0.29) is 5.78 Å². The Bertz CT molecular complexity index is 487. The number of likely N-dealkylation sites (N-methyl/N-ethyl adjacent to an activating group) is 1. The molecule has 1 aromatic carbocycles. The number of benzene rings is 1. The summed E-state index contributed by atoms with van der Waals surface area (Å²) in [5.74, 6) is 1.43. The molecule has 0 radical (unpaired) electrons. The first-order chi connectivity index (χ1) is 10.0. The van der Waals surface area contributed by atoms with Gasteiger partial charge in [0.1, 0.15) is 5.75 Å². The third kappa shape index (κ3) is 3.83. The Kier molecular flexibility index (Phi) is 5.37. The highest BCUT2D eigenvalue weighted by molar-refractivity contribution is 6.00. The molecule has 2 atom stereocenters. The summed E-state index contributed by atoms with van der Waals surface area (Å²) < 4.78 is 5.56. The van der Waals surface area contributed by atoms with Gasteiger partial charge in [-0.2, -0.15) is 0 Å². The minimum absolute atomic E-state index is 0.144. The quantitative estimate of drug-likeness (QED) is 0.752. The van der Waals surface area contributed by atoms with Crippen molar-refractivity contribution in [3.05, 3.63) is 29.8 Å². The Labute approximate surface area is 127 Å². The molecule has 0 saturated carbocycles. The Morgan fingerprint density at radius 1 is 1.33 bits per heavy atom. The number of hydrogen-bond acceptors (Lipinski definition) is 4. The van der Waals surface area contributed by atoms with Crippen LogP contribution in [-0.4, -0.2) is 62.0 Å². The van der Waals surface area contributed by atoms with Crippen LogP contribution in [0.1, 0.15) is 24.2 Å². The van der Waals surface area contributed by atoms with Gasteiger partial charge in [-0.05, 0) is 39.1 Å². The van der Waals surface area contributed by atoms with Crippen LogP contribution >= 0.6 is 0 Å². The highest BCUT2D eigenvalue weighted by Gasteiger charge is 2.32. The zero-order valence-electron chi connectivity index (χ0n) is 13.5. The third-order valence-electron chi connectivity index (χ3n) is 4.17. The molecule has 2 rings (SSSR count). The zero-order chi connectivity index (χ0) is 15.4. The fourth-order valence-corrected chi connectivity index (χ4v) is 3.12. The van der Waals surface area contributed by atoms with Gasteiger partial charge in [-0.15, -0.1) is 0 Å². The SMILES string of the molecule is CCOc1ccccc1C(=O)CN1CC(C)C(N(C)C)C1. The third-order valence-corrected chi connectivity index (χ3v) is 4.17. The van der Waals surface area contributed by atoms with Crippen LogP contribution < -0.4 is 4.74 Å². The van der Waals surface area contributed by atoms with Crippen LogP contribution in [0.2, 0.25) is 0 Å². The van der Waals surface area contributed by atoms with Crippen molar-refractivity contribution in [2.75, 3.05) is 40.3 Å². The zero-order valence-corrected chi connectivity index (χ0v) is 13.5. The molecule has 4 heteroatoms. The average Bonchev–Trinajstić information content (AvgIpc) is 2.80. The van der Waals surface area contributed by atoms with Crippen LogP contribution in [0.15, 0.2) is 24.3 Å². The molecule has 1 aromatic rings. The lowest BCUT2D eigenvalue weighted by molar-refractivity contribution is 0.0937. The fourth-order valence-electron chi connectivity index (χ4n) is 3.12. The Balaban J connectivity index is 2.03. The minimum Gasteiger partial charge on any atom is -0.493 e. The second kappa shape index (κ2) is 7.05. The first-order valence-electron chi connectivity index (χ1n) is 7.66. The lowest BCUT2D eigenvalue weighted by Gasteiger charge is -2.22. The minimum atomic E-state index is 0.144. The maximum atomic E-state index is 12.5. The van der Waals surface area contributed by atoms with E-state index in [1.807, 2.05) is 31.2 Å². The van der Waals surface area contributed by atoms with E-state index in [1.54, 1.807) is 0 Å². The van der Waals surface area contributed by atoms with E-state index in [4.69, 9.17) is 4.74 Å². The van der Waals surface area contributed by atoms with Crippen molar-refractivity contribution < 1.29 is 9.53 Å². The van der Waals surface area contributed by atoms with Gasteiger partial charge in [0.25, 0.3) is 0 Å². The molecule has 0 aliphatic carbocycles. The van der Waals surface area contributed by atoms with Crippen LogP contribution in [0, 0.1) is 5.92 Å². The van der Waals surface area contributed by atoms with Crippen molar-refractivity contribution in [3.8, 4) is 5.75 Å². The van der Waals surface area contributed by atoms with Crippen molar-refractivity contribution in [1.82, 2.24) is 9.80 Å². The largest absolute Gasteiger partial charge is 0.493 e. The van der Waals surface area contributed by atoms with Crippen LogP contribution in [0.3, 0.4) is 0 Å². The van der Waals surface area contributed by atoms with Gasteiger partial charge in [0.05, 0.1) is 18.7 Å². The summed E-state index contributed by atoms with van der Waals surface area (Å²) in [5, 5.41) is 0. The normalized spacial score (nSPS) is 22.7. The molecule has 4 nitrogen and oxygen atoms in total. The van der Waals surface area contributed by atoms with E-state index in [1.165, 1.54) is 0 Å². The van der Waals surface area contributed by atoms with E-state index < -0.39 is 0 Å². The first kappa shape index (κ1) is 16.0. The summed E-state index contributed by atoms with van der Waals surface area (Å²) in [4.78, 5) is 17.0. The highest BCUT2D eigenvalue weighted by atomic mass is 16.5. The van der Waals surface area contributed by atoms with Crippen molar-refractivity contribution in [2.24, 2.45) is 5.92 Å². The van der Waals surface area contributed by atoms with E-state index in [0.717, 1.165) is 13.1 Å². The molecule has 1 aliphatic rings. The number of Topliss-reactive ketones (excluding diaryl/α,β-unsaturated/α-hetero) is 1. The molecule has 0 amide bonds. The number of rotatable bonds is 6. The Morgan fingerprint density at radius 2 is 2.05 bits per heavy atom. The molecule has 21 heavy (non-hydrogen) atoms. The maximum absolute atomic E-state index is 12.5. The topological polar surface area (TPSA) is 32.8 Å². The van der Waals surface area contributed by atoms with E-state index in [2.05, 4.69) is 30.8 Å². The summed E-state index contributed by atoms with van der Waals surface area (Å²) >= 11 is 0. The Morgan fingerprint density at radius 3 is 2.67 bits per heavy atom. The summed E-state index contributed by atoms with van der Waals surface area (Å²) in [6.07, 6.45) is 0. The van der Waals surface area contributed by atoms with Gasteiger partial charge >= 0.3 is 0 Å². The second-order valence-electron chi connectivity index (χ2n) is 6.05. The highest BCUT2D eigenvalue weighted by Crippen LogP contribution is 2.22. The van der Waals surface area contributed by atoms with Crippen LogP contribution in [-0.2, 0) is 0 Å². The van der Waals surface area contributed by atoms with Crippen LogP contribution in [0.25, 0.3) is 0 Å². The summed E-state index contributed by atoms with van der Waals surface area (Å²) in [7, 11) is 4.22. The Hall–Kier alpha value is -1.39. The smallest absolute Gasteiger partial charge is 0.180 e. The van der Waals surface area contributed by atoms with Crippen LogP contribution in [0.5, 0.6) is 5.75 Å². The molecular formula is C17H26N2O2. The number of nitrogens with zero attached hydrogens (tertiary/aromatic N) is 2. The molecule has 0 bridgehead atoms. The monoisotopic (exact) mass is 290 g/mol. The molecule has 0 N–H and O–H groups in total. The predicted molar refractivity (Wildman–Crippen MR) is 85.0 cm³/mol. The van der Waals surface area contributed by atoms with Gasteiger partial charge in [-0.1, -0.05) is 19.1 Å². The van der Waals surface area contributed by atoms with Crippen molar-refractivity contribution in [3.63, 3.8) is 0 Å². The average molecular weight is 290 g/mol. The molecular weight excluding hydrogens is 264 g/mol. The lowest BCUT2D eigenvalue weighted by Crippen LogP contribution is -2.35. The summed E-state index contributed by atoms with van der Waals surface area (Å²) in [5.41, 5.74) is 0.695. The van der Waals surface area contributed by atoms with Gasteiger partial charge in [0, 0.05) is 19.1 Å². The first-order valence-corrected chi connectivity index (χ1v) is 7.66. The fraction of sp³-hybridized carbons (Fsp3) is 0.588. The van der Waals surface area contributed by atoms with Gasteiger partial charge in [-0.25, -0.2) is 0 Å². The van der Waals surface area contributed by atoms with E-state index in [9.17, 15) is 4.79 Å². The predicted octanol–water partition coefficient (Wildman–Crippen LogP) is 2.15. The van der Waals surface area contributed by atoms with Crippen molar-refractivity contribution >= 4 is 5.78 Å². The van der Waals surface area contributed by atoms with Gasteiger partial charge in [0.15, 0.2) is 5.78 Å². The summed E-state index contributed by atoms with van der Waals surface area (Å²) in [6, 6.07) is 8.05. The molecule has 0 spiro atoms. The van der Waals surface area contributed by atoms with Crippen molar-refractivity contribution in [1.29, 1.82) is 0 Å². The van der Waals surface area contributed by atoms with E-state index >= 15 is 0 Å². The molecule has 1 saturated heterocycles. The molecule has 2 unspecified atom stereocenters. The molecule has 1 heterocycles. The van der Waals surface area contributed by atoms with Gasteiger partial charge in [-0.3, -0.25) is 9.69 Å². The maximum Gasteiger partial charge on any atom is 0.180 e.